The third-order valence-corrected chi connectivity index (χ3v) is 7.24. The number of rotatable bonds is 6. The van der Waals surface area contributed by atoms with Crippen LogP contribution in [0.5, 0.6) is 0 Å². The van der Waals surface area contributed by atoms with Crippen LogP contribution in [-0.2, 0) is 25.6 Å². The smallest absolute Gasteiger partial charge is 0.241 e. The summed E-state index contributed by atoms with van der Waals surface area (Å²) in [6.45, 7) is 2.29. The Balaban J connectivity index is 0.00000312. The lowest BCUT2D eigenvalue weighted by Gasteiger charge is -2.42. The van der Waals surface area contributed by atoms with E-state index in [4.69, 9.17) is 5.73 Å². The molecule has 0 aromatic heterocycles. The zero-order chi connectivity index (χ0) is 18.0. The Labute approximate surface area is 157 Å². The Morgan fingerprint density at radius 3 is 2.24 bits per heavy atom. The van der Waals surface area contributed by atoms with Gasteiger partial charge in [0.05, 0.1) is 10.6 Å². The Bertz CT molecular complexity index is 779. The van der Waals surface area contributed by atoms with E-state index in [0.29, 0.717) is 5.56 Å². The summed E-state index contributed by atoms with van der Waals surface area (Å²) in [6, 6.07) is 5.96. The van der Waals surface area contributed by atoms with Crippen molar-refractivity contribution in [3.8, 4) is 0 Å². The summed E-state index contributed by atoms with van der Waals surface area (Å²) >= 11 is 0. The molecule has 1 aliphatic carbocycles. The fraction of sp³-hybridized carbons (Fsp3) is 0.625. The molecular weight excluding hydrogens is 384 g/mol. The van der Waals surface area contributed by atoms with Crippen LogP contribution in [0.4, 0.5) is 0 Å². The van der Waals surface area contributed by atoms with Gasteiger partial charge in [0.2, 0.25) is 10.0 Å². The monoisotopic (exact) mass is 410 g/mol. The zero-order valence-electron chi connectivity index (χ0n) is 14.6. The molecule has 0 saturated heterocycles. The Morgan fingerprint density at radius 2 is 1.76 bits per heavy atom. The quantitative estimate of drug-likeness (QED) is 0.744. The Morgan fingerprint density at radius 1 is 1.16 bits per heavy atom. The van der Waals surface area contributed by atoms with Crippen LogP contribution >= 0.6 is 12.4 Å². The maximum atomic E-state index is 12.7. The number of sulfone groups is 1. The normalized spacial score (nSPS) is 24.5. The molecule has 9 heteroatoms. The van der Waals surface area contributed by atoms with Gasteiger partial charge < -0.3 is 5.73 Å². The van der Waals surface area contributed by atoms with E-state index in [0.717, 1.165) is 31.9 Å². The van der Waals surface area contributed by atoms with Crippen molar-refractivity contribution in [3.63, 3.8) is 0 Å². The van der Waals surface area contributed by atoms with Gasteiger partial charge in [-0.3, -0.25) is 0 Å². The predicted molar refractivity (Wildman–Crippen MR) is 102 cm³/mol. The van der Waals surface area contributed by atoms with Crippen LogP contribution in [-0.4, -0.2) is 35.2 Å². The molecule has 0 bridgehead atoms. The van der Waals surface area contributed by atoms with Crippen LogP contribution < -0.4 is 10.5 Å². The van der Waals surface area contributed by atoms with E-state index >= 15 is 0 Å². The number of hydrogen-bond donors (Lipinski definition) is 2. The summed E-state index contributed by atoms with van der Waals surface area (Å²) in [6.07, 6.45) is 4.87. The van der Waals surface area contributed by atoms with E-state index in [2.05, 4.69) is 4.72 Å². The molecule has 0 radical (unpaired) electrons. The number of benzene rings is 1. The lowest BCUT2D eigenvalue weighted by molar-refractivity contribution is 0.191. The minimum Gasteiger partial charge on any atom is -0.329 e. The van der Waals surface area contributed by atoms with Gasteiger partial charge in [0.1, 0.15) is 0 Å². The highest BCUT2D eigenvalue weighted by atomic mass is 35.5. The topological polar surface area (TPSA) is 106 Å². The summed E-state index contributed by atoms with van der Waals surface area (Å²) in [4.78, 5) is 0.130. The maximum absolute atomic E-state index is 12.7. The van der Waals surface area contributed by atoms with E-state index < -0.39 is 25.4 Å². The molecule has 2 unspecified atom stereocenters. The van der Waals surface area contributed by atoms with Gasteiger partial charge in [-0.2, -0.15) is 0 Å². The second-order valence-electron chi connectivity index (χ2n) is 6.83. The third kappa shape index (κ3) is 5.65. The van der Waals surface area contributed by atoms with Crippen molar-refractivity contribution in [1.82, 2.24) is 4.72 Å². The first-order valence-electron chi connectivity index (χ1n) is 8.09. The van der Waals surface area contributed by atoms with Crippen molar-refractivity contribution in [1.29, 1.82) is 0 Å². The third-order valence-electron chi connectivity index (χ3n) is 4.82. The van der Waals surface area contributed by atoms with Gasteiger partial charge in [-0.15, -0.1) is 12.4 Å². The first-order valence-corrected chi connectivity index (χ1v) is 11.6. The van der Waals surface area contributed by atoms with Gasteiger partial charge in [0.15, 0.2) is 9.84 Å². The molecule has 1 aromatic rings. The Kier molecular flexibility index (Phi) is 7.47. The van der Waals surface area contributed by atoms with E-state index in [9.17, 15) is 16.8 Å². The van der Waals surface area contributed by atoms with Crippen LogP contribution in [0.15, 0.2) is 29.2 Å². The van der Waals surface area contributed by atoms with Crippen molar-refractivity contribution in [2.45, 2.75) is 48.8 Å². The van der Waals surface area contributed by atoms with Gasteiger partial charge in [-0.25, -0.2) is 21.6 Å². The molecule has 25 heavy (non-hydrogen) atoms. The average Bonchev–Trinajstić information content (AvgIpc) is 2.48. The fourth-order valence-corrected chi connectivity index (χ4v) is 5.64. The molecule has 2 atom stereocenters. The second-order valence-corrected chi connectivity index (χ2v) is 10.6. The van der Waals surface area contributed by atoms with E-state index in [1.54, 1.807) is 0 Å². The zero-order valence-corrected chi connectivity index (χ0v) is 17.0. The molecule has 144 valence electrons. The van der Waals surface area contributed by atoms with Gasteiger partial charge in [0, 0.05) is 18.3 Å². The van der Waals surface area contributed by atoms with Crippen LogP contribution in [0, 0.1) is 5.92 Å². The molecule has 3 N–H and O–H groups in total. The lowest BCUT2D eigenvalue weighted by atomic mass is 9.74. The van der Waals surface area contributed by atoms with Crippen molar-refractivity contribution < 1.29 is 16.8 Å². The highest BCUT2D eigenvalue weighted by Gasteiger charge is 2.40. The van der Waals surface area contributed by atoms with E-state index in [-0.39, 0.29) is 35.5 Å². The minimum absolute atomic E-state index is 0. The summed E-state index contributed by atoms with van der Waals surface area (Å²) in [7, 11) is -6.85. The number of halogens is 1. The molecule has 0 amide bonds. The van der Waals surface area contributed by atoms with Gasteiger partial charge in [-0.05, 0) is 36.5 Å². The summed E-state index contributed by atoms with van der Waals surface area (Å²) in [5, 5.41) is 0. The van der Waals surface area contributed by atoms with Crippen molar-refractivity contribution >= 4 is 32.3 Å². The predicted octanol–water partition coefficient (Wildman–Crippen LogP) is 1.84. The molecule has 6 nitrogen and oxygen atoms in total. The molecule has 1 fully saturated rings. The average molecular weight is 411 g/mol. The van der Waals surface area contributed by atoms with Crippen LogP contribution in [0.2, 0.25) is 0 Å². The van der Waals surface area contributed by atoms with E-state index in [1.807, 2.05) is 6.92 Å². The van der Waals surface area contributed by atoms with Gasteiger partial charge >= 0.3 is 0 Å². The largest absolute Gasteiger partial charge is 0.329 e. The summed E-state index contributed by atoms with van der Waals surface area (Å²) in [5.74, 6) is 0.0698. The molecule has 0 spiro atoms. The maximum Gasteiger partial charge on any atom is 0.241 e. The number of nitrogens with one attached hydrogen (secondary N) is 1. The van der Waals surface area contributed by atoms with Gasteiger partial charge in [-0.1, -0.05) is 31.9 Å². The summed E-state index contributed by atoms with van der Waals surface area (Å²) < 4.78 is 50.9. The van der Waals surface area contributed by atoms with Crippen LogP contribution in [0.25, 0.3) is 0 Å². The number of nitrogens with two attached hydrogens (primary N) is 1. The molecular formula is C16H27ClN2O4S2. The highest BCUT2D eigenvalue weighted by molar-refractivity contribution is 7.90. The molecule has 2 rings (SSSR count). The molecule has 1 aromatic carbocycles. The molecule has 0 aliphatic heterocycles. The van der Waals surface area contributed by atoms with Crippen LogP contribution in [0.1, 0.15) is 38.2 Å². The Hall–Kier alpha value is -0.670. The number of hydrogen-bond acceptors (Lipinski definition) is 5. The van der Waals surface area contributed by atoms with Crippen molar-refractivity contribution in [2.24, 2.45) is 11.7 Å². The molecule has 1 saturated carbocycles. The van der Waals surface area contributed by atoms with E-state index in [1.165, 1.54) is 24.3 Å². The first-order chi connectivity index (χ1) is 11.1. The minimum atomic E-state index is -3.70. The van der Waals surface area contributed by atoms with Crippen LogP contribution in [0.3, 0.4) is 0 Å². The highest BCUT2D eigenvalue weighted by Crippen LogP contribution is 2.34. The fourth-order valence-electron chi connectivity index (χ4n) is 3.30. The first kappa shape index (κ1) is 22.4. The van der Waals surface area contributed by atoms with Crippen molar-refractivity contribution in [3.05, 3.63) is 29.8 Å². The van der Waals surface area contributed by atoms with Crippen molar-refractivity contribution in [2.75, 3.05) is 12.8 Å². The number of sulfonamides is 1. The SMILES string of the molecule is CC1CCCCC1(CN)NS(=O)(=O)c1ccc(CS(C)(=O)=O)cc1.Cl. The summed E-state index contributed by atoms with van der Waals surface area (Å²) in [5.41, 5.74) is 5.87. The molecule has 0 heterocycles. The second kappa shape index (κ2) is 8.35. The van der Waals surface area contributed by atoms with Gasteiger partial charge in [0.25, 0.3) is 0 Å². The lowest BCUT2D eigenvalue weighted by Crippen LogP contribution is -2.58. The molecule has 1 aliphatic rings. The standard InChI is InChI=1S/C16H26N2O4S2.ClH/c1-13-5-3-4-10-16(13,12-17)18-24(21,22)15-8-6-14(7-9-15)11-23(2,19)20;/h6-9,13,18H,3-5,10-12,17H2,1-2H3;1H.